The van der Waals surface area contributed by atoms with E-state index in [1.54, 1.807) is 0 Å². The monoisotopic (exact) mass is 855 g/mol. The zero-order chi connectivity index (χ0) is 46.1. The van der Waals surface area contributed by atoms with Crippen LogP contribution < -0.4 is 9.47 Å². The van der Waals surface area contributed by atoms with E-state index in [9.17, 15) is 9.59 Å². The zero-order valence-electron chi connectivity index (χ0n) is 41.0. The number of ether oxygens (including phenoxy) is 2. The second-order valence-electron chi connectivity index (χ2n) is 20.8. The Morgan fingerprint density at radius 3 is 1.06 bits per heavy atom. The number of piperazine rings is 2. The third-order valence-electron chi connectivity index (χ3n) is 13.3. The fourth-order valence-corrected chi connectivity index (χ4v) is 9.30. The van der Waals surface area contributed by atoms with Crippen LogP contribution in [0.2, 0.25) is 0 Å². The molecule has 2 unspecified atom stereocenters. The molecule has 2 fully saturated rings. The maximum atomic E-state index is 14.0. The van der Waals surface area contributed by atoms with Gasteiger partial charge in [-0.25, -0.2) is 0 Å². The van der Waals surface area contributed by atoms with Crippen molar-refractivity contribution in [1.82, 2.24) is 19.9 Å². The number of carbonyl (C=O) groups excluding carboxylic acids is 2. The van der Waals surface area contributed by atoms with Crippen molar-refractivity contribution in [3.8, 4) is 11.5 Å². The molecule has 0 bridgehead atoms. The molecule has 0 aromatic heterocycles. The van der Waals surface area contributed by atoms with Crippen molar-refractivity contribution in [3.63, 3.8) is 0 Å². The van der Waals surface area contributed by atoms with Crippen molar-refractivity contribution in [3.05, 3.63) is 95.1 Å². The van der Waals surface area contributed by atoms with Crippen LogP contribution >= 0.6 is 0 Å². The summed E-state index contributed by atoms with van der Waals surface area (Å²) in [4.78, 5) is 45.6. The molecule has 0 radical (unpaired) electrons. The Morgan fingerprint density at radius 2 is 0.806 bits per heavy atom. The standard InChI is InChI=1S/C52H78N4O6/c1-17-51(18-2)45(57)53(47(7,8)9)35-49(13,14)55(51)61-37(5)41-25-29-43(30-26-41)59-33-39-21-23-40(24-22-39)34-60-44-31-27-42(28-32-44)38(6)62-56-50(15,16)36-54(48(10,11)12)46(58)52(56,19-3)20-4/h21-32,37-38H,17-20,33-36H2,1-16H3. The molecule has 2 aliphatic heterocycles. The van der Waals surface area contributed by atoms with E-state index < -0.39 is 11.1 Å². The lowest BCUT2D eigenvalue weighted by Crippen LogP contribution is -2.75. The number of nitrogens with zero attached hydrogens (tertiary/aromatic N) is 4. The Kier molecular flexibility index (Phi) is 14.7. The third kappa shape index (κ3) is 10.0. The summed E-state index contributed by atoms with van der Waals surface area (Å²) in [5.74, 6) is 1.82. The zero-order valence-corrected chi connectivity index (χ0v) is 41.0. The first-order valence-electron chi connectivity index (χ1n) is 23.0. The molecule has 0 aliphatic carbocycles. The first kappa shape index (κ1) is 49.1. The molecule has 2 saturated heterocycles. The van der Waals surface area contributed by atoms with Crippen molar-refractivity contribution in [1.29, 1.82) is 0 Å². The van der Waals surface area contributed by atoms with Crippen molar-refractivity contribution in [2.75, 3.05) is 13.1 Å². The molecule has 3 aromatic rings. The summed E-state index contributed by atoms with van der Waals surface area (Å²) < 4.78 is 12.4. The van der Waals surface area contributed by atoms with Gasteiger partial charge in [0.05, 0.1) is 11.1 Å². The van der Waals surface area contributed by atoms with E-state index in [0.29, 0.717) is 52.0 Å². The van der Waals surface area contributed by atoms with Crippen molar-refractivity contribution in [2.24, 2.45) is 0 Å². The maximum absolute atomic E-state index is 14.0. The molecule has 0 spiro atoms. The summed E-state index contributed by atoms with van der Waals surface area (Å²) >= 11 is 0. The van der Waals surface area contributed by atoms with Crippen LogP contribution in [-0.2, 0) is 32.5 Å². The maximum Gasteiger partial charge on any atom is 0.245 e. The number of hydrogen-bond donors (Lipinski definition) is 0. The van der Waals surface area contributed by atoms with Crippen molar-refractivity contribution >= 4 is 11.8 Å². The minimum Gasteiger partial charge on any atom is -0.489 e. The van der Waals surface area contributed by atoms with E-state index in [4.69, 9.17) is 19.1 Å². The van der Waals surface area contributed by atoms with Crippen LogP contribution in [0, 0.1) is 0 Å². The van der Waals surface area contributed by atoms with E-state index >= 15 is 0 Å². The molecule has 10 nitrogen and oxygen atoms in total. The normalized spacial score (nSPS) is 20.3. The van der Waals surface area contributed by atoms with Gasteiger partial charge in [-0.2, -0.15) is 10.1 Å². The number of rotatable bonds is 16. The van der Waals surface area contributed by atoms with E-state index in [1.807, 2.05) is 82.3 Å². The van der Waals surface area contributed by atoms with Crippen molar-refractivity contribution in [2.45, 2.75) is 195 Å². The summed E-state index contributed by atoms with van der Waals surface area (Å²) in [6.07, 6.45) is 2.14. The topological polar surface area (TPSA) is 84.0 Å². The van der Waals surface area contributed by atoms with E-state index in [0.717, 1.165) is 33.8 Å². The van der Waals surface area contributed by atoms with E-state index in [2.05, 4.69) is 121 Å². The Hall–Kier alpha value is -3.96. The number of hydroxylamine groups is 4. The van der Waals surface area contributed by atoms with Crippen LogP contribution in [0.25, 0.3) is 0 Å². The smallest absolute Gasteiger partial charge is 0.245 e. The number of hydrogen-bond acceptors (Lipinski definition) is 8. The summed E-state index contributed by atoms with van der Waals surface area (Å²) in [5.41, 5.74) is 1.37. The lowest BCUT2D eigenvalue weighted by atomic mass is 9.80. The van der Waals surface area contributed by atoms with Crippen LogP contribution in [0.15, 0.2) is 72.8 Å². The van der Waals surface area contributed by atoms with Gasteiger partial charge in [0.2, 0.25) is 11.8 Å². The molecule has 5 rings (SSSR count). The van der Waals surface area contributed by atoms with Crippen LogP contribution in [0.4, 0.5) is 0 Å². The fourth-order valence-electron chi connectivity index (χ4n) is 9.30. The minimum absolute atomic E-state index is 0.134. The largest absolute Gasteiger partial charge is 0.489 e. The molecule has 2 heterocycles. The average Bonchev–Trinajstić information content (AvgIpc) is 3.22. The highest BCUT2D eigenvalue weighted by Gasteiger charge is 2.59. The summed E-state index contributed by atoms with van der Waals surface area (Å²) in [5, 5.41) is 4.01. The van der Waals surface area contributed by atoms with Gasteiger partial charge in [-0.1, -0.05) is 76.2 Å². The Balaban J connectivity index is 1.13. The Labute approximate surface area is 374 Å². The Bertz CT molecular complexity index is 1810. The van der Waals surface area contributed by atoms with Gasteiger partial charge >= 0.3 is 0 Å². The molecule has 0 N–H and O–H groups in total. The van der Waals surface area contributed by atoms with Gasteiger partial charge in [0.25, 0.3) is 0 Å². The molecule has 2 aliphatic rings. The highest BCUT2D eigenvalue weighted by atomic mass is 16.7. The van der Waals surface area contributed by atoms with Crippen LogP contribution in [-0.4, -0.2) is 78.1 Å². The molecule has 62 heavy (non-hydrogen) atoms. The lowest BCUT2D eigenvalue weighted by molar-refractivity contribution is -0.311. The number of carbonyl (C=O) groups is 2. The van der Waals surface area contributed by atoms with Gasteiger partial charge in [0, 0.05) is 24.2 Å². The quantitative estimate of drug-likeness (QED) is 0.141. The lowest BCUT2D eigenvalue weighted by Gasteiger charge is -2.59. The van der Waals surface area contributed by atoms with Gasteiger partial charge in [-0.15, -0.1) is 0 Å². The van der Waals surface area contributed by atoms with Crippen LogP contribution in [0.3, 0.4) is 0 Å². The summed E-state index contributed by atoms with van der Waals surface area (Å²) in [6, 6.07) is 24.4. The molecular formula is C52H78N4O6. The van der Waals surface area contributed by atoms with Gasteiger partial charge in [-0.05, 0) is 155 Å². The molecular weight excluding hydrogens is 777 g/mol. The van der Waals surface area contributed by atoms with Gasteiger partial charge < -0.3 is 19.3 Å². The van der Waals surface area contributed by atoms with Crippen LogP contribution in [0.1, 0.15) is 171 Å². The first-order valence-corrected chi connectivity index (χ1v) is 23.0. The van der Waals surface area contributed by atoms with E-state index in [-0.39, 0.29) is 46.2 Å². The van der Waals surface area contributed by atoms with Crippen LogP contribution in [0.5, 0.6) is 11.5 Å². The third-order valence-corrected chi connectivity index (χ3v) is 13.3. The van der Waals surface area contributed by atoms with E-state index in [1.165, 1.54) is 0 Å². The second kappa shape index (κ2) is 18.6. The highest BCUT2D eigenvalue weighted by Crippen LogP contribution is 2.44. The van der Waals surface area contributed by atoms with Gasteiger partial charge in [-0.3, -0.25) is 19.3 Å². The summed E-state index contributed by atoms with van der Waals surface area (Å²) in [7, 11) is 0. The predicted molar refractivity (Wildman–Crippen MR) is 248 cm³/mol. The molecule has 3 aromatic carbocycles. The first-order chi connectivity index (χ1) is 28.9. The SMILES string of the molecule is CCC1(CC)C(=O)N(C(C)(C)C)CC(C)(C)N1OC(C)c1ccc(OCc2ccc(COc3ccc(C(C)ON4C(C)(C)CN(C(C)(C)C)C(=O)C4(CC)CC)cc3)cc2)cc1. The molecule has 0 saturated carbocycles. The van der Waals surface area contributed by atoms with Gasteiger partial charge in [0.15, 0.2) is 0 Å². The minimum atomic E-state index is -0.739. The summed E-state index contributed by atoms with van der Waals surface area (Å²) in [6.45, 7) is 35.8. The van der Waals surface area contributed by atoms with Crippen molar-refractivity contribution < 1.29 is 28.7 Å². The number of benzene rings is 3. The molecule has 10 heteroatoms. The molecule has 2 atom stereocenters. The Morgan fingerprint density at radius 1 is 0.516 bits per heavy atom. The highest BCUT2D eigenvalue weighted by molar-refractivity contribution is 5.88. The fraction of sp³-hybridized carbons (Fsp3) is 0.615. The number of amides is 2. The second-order valence-corrected chi connectivity index (χ2v) is 20.8. The van der Waals surface area contributed by atoms with Gasteiger partial charge in [0.1, 0.15) is 48.0 Å². The average molecular weight is 855 g/mol. The molecule has 2 amide bonds. The molecule has 342 valence electrons. The predicted octanol–water partition coefficient (Wildman–Crippen LogP) is 11.4.